The number of aryl methyl sites for hydroxylation is 1. The summed E-state index contributed by atoms with van der Waals surface area (Å²) in [5.74, 6) is 0.741. The Bertz CT molecular complexity index is 314. The van der Waals surface area contributed by atoms with E-state index in [1.807, 2.05) is 19.3 Å². The Hall–Kier alpha value is -1.16. The van der Waals surface area contributed by atoms with Crippen molar-refractivity contribution >= 4 is 5.95 Å². The highest BCUT2D eigenvalue weighted by molar-refractivity contribution is 5.29. The van der Waals surface area contributed by atoms with Crippen molar-refractivity contribution in [2.75, 3.05) is 18.4 Å². The van der Waals surface area contributed by atoms with Gasteiger partial charge in [0, 0.05) is 17.9 Å². The molecule has 15 heavy (non-hydrogen) atoms. The van der Waals surface area contributed by atoms with Crippen molar-refractivity contribution in [3.8, 4) is 0 Å². The number of nitrogens with zero attached hydrogens (tertiary/aromatic N) is 2. The summed E-state index contributed by atoms with van der Waals surface area (Å²) in [7, 11) is 0. The molecule has 4 nitrogen and oxygen atoms in total. The number of piperidine rings is 1. The second-order valence-electron chi connectivity index (χ2n) is 4.52. The Kier molecular flexibility index (Phi) is 2.86. The molecule has 1 aliphatic rings. The van der Waals surface area contributed by atoms with Gasteiger partial charge in [-0.2, -0.15) is 0 Å². The lowest BCUT2D eigenvalue weighted by Crippen LogP contribution is -2.45. The first kappa shape index (κ1) is 10.4. The minimum absolute atomic E-state index is 0.139. The Morgan fingerprint density at radius 1 is 1.27 bits per heavy atom. The molecule has 4 heteroatoms. The quantitative estimate of drug-likeness (QED) is 0.766. The van der Waals surface area contributed by atoms with Crippen LogP contribution in [-0.2, 0) is 0 Å². The summed E-state index contributed by atoms with van der Waals surface area (Å²) < 4.78 is 0. The van der Waals surface area contributed by atoms with Crippen molar-refractivity contribution in [1.29, 1.82) is 0 Å². The van der Waals surface area contributed by atoms with Gasteiger partial charge in [-0.15, -0.1) is 0 Å². The third-order valence-corrected chi connectivity index (χ3v) is 2.90. The van der Waals surface area contributed by atoms with E-state index in [1.54, 1.807) is 0 Å². The molecule has 1 aromatic heterocycles. The van der Waals surface area contributed by atoms with E-state index in [0.717, 1.165) is 37.4 Å². The third kappa shape index (κ3) is 2.65. The molecular formula is C11H18N4. The zero-order valence-electron chi connectivity index (χ0n) is 9.38. The van der Waals surface area contributed by atoms with E-state index in [2.05, 4.69) is 27.5 Å². The summed E-state index contributed by atoms with van der Waals surface area (Å²) >= 11 is 0. The van der Waals surface area contributed by atoms with Gasteiger partial charge in [-0.05, 0) is 45.3 Å². The summed E-state index contributed by atoms with van der Waals surface area (Å²) in [5.41, 5.74) is 1.23. The highest BCUT2D eigenvalue weighted by atomic mass is 15.1. The average molecular weight is 206 g/mol. The molecule has 2 N–H and O–H groups in total. The Morgan fingerprint density at radius 3 is 2.47 bits per heavy atom. The fraction of sp³-hybridized carbons (Fsp3) is 0.636. The number of anilines is 1. The Balaban J connectivity index is 2.03. The van der Waals surface area contributed by atoms with Crippen LogP contribution in [0, 0.1) is 6.92 Å². The van der Waals surface area contributed by atoms with E-state index in [0.29, 0.717) is 0 Å². The summed E-state index contributed by atoms with van der Waals surface area (Å²) in [4.78, 5) is 8.55. The molecule has 0 spiro atoms. The molecule has 1 aliphatic heterocycles. The van der Waals surface area contributed by atoms with Crippen LogP contribution in [-0.4, -0.2) is 28.6 Å². The van der Waals surface area contributed by atoms with Crippen LogP contribution in [0.2, 0.25) is 0 Å². The van der Waals surface area contributed by atoms with E-state index in [-0.39, 0.29) is 5.54 Å². The fourth-order valence-corrected chi connectivity index (χ4v) is 1.83. The zero-order valence-corrected chi connectivity index (χ0v) is 9.38. The number of hydrogen-bond donors (Lipinski definition) is 2. The summed E-state index contributed by atoms with van der Waals surface area (Å²) in [6, 6.07) is 0. The van der Waals surface area contributed by atoms with Gasteiger partial charge < -0.3 is 10.6 Å². The highest BCUT2D eigenvalue weighted by Crippen LogP contribution is 2.21. The monoisotopic (exact) mass is 206 g/mol. The maximum absolute atomic E-state index is 4.27. The Labute approximate surface area is 90.5 Å². The molecule has 0 saturated carbocycles. The van der Waals surface area contributed by atoms with Gasteiger partial charge in [0.1, 0.15) is 0 Å². The van der Waals surface area contributed by atoms with Gasteiger partial charge in [0.05, 0.1) is 0 Å². The van der Waals surface area contributed by atoms with Crippen LogP contribution in [0.3, 0.4) is 0 Å². The maximum Gasteiger partial charge on any atom is 0.223 e. The lowest BCUT2D eigenvalue weighted by atomic mass is 9.91. The number of hydrogen-bond acceptors (Lipinski definition) is 4. The van der Waals surface area contributed by atoms with E-state index in [9.17, 15) is 0 Å². The van der Waals surface area contributed by atoms with Gasteiger partial charge in [0.15, 0.2) is 0 Å². The molecule has 0 unspecified atom stereocenters. The van der Waals surface area contributed by atoms with Crippen LogP contribution in [0.1, 0.15) is 25.3 Å². The van der Waals surface area contributed by atoms with Crippen LogP contribution < -0.4 is 10.6 Å². The van der Waals surface area contributed by atoms with Crippen molar-refractivity contribution in [3.63, 3.8) is 0 Å². The van der Waals surface area contributed by atoms with Gasteiger partial charge in [-0.3, -0.25) is 0 Å². The predicted molar refractivity (Wildman–Crippen MR) is 60.9 cm³/mol. The van der Waals surface area contributed by atoms with Crippen molar-refractivity contribution in [3.05, 3.63) is 18.0 Å². The fourth-order valence-electron chi connectivity index (χ4n) is 1.83. The maximum atomic E-state index is 4.27. The van der Waals surface area contributed by atoms with Crippen LogP contribution in [0.5, 0.6) is 0 Å². The largest absolute Gasteiger partial charge is 0.349 e. The molecule has 0 aliphatic carbocycles. The lowest BCUT2D eigenvalue weighted by molar-refractivity contribution is 0.363. The molecule has 2 rings (SSSR count). The van der Waals surface area contributed by atoms with Crippen molar-refractivity contribution in [2.24, 2.45) is 0 Å². The van der Waals surface area contributed by atoms with Gasteiger partial charge in [-0.1, -0.05) is 0 Å². The summed E-state index contributed by atoms with van der Waals surface area (Å²) in [6.07, 6.45) is 5.92. The minimum atomic E-state index is 0.139. The smallest absolute Gasteiger partial charge is 0.223 e. The Morgan fingerprint density at radius 2 is 1.87 bits per heavy atom. The third-order valence-electron chi connectivity index (χ3n) is 2.90. The molecule has 1 fully saturated rings. The average Bonchev–Trinajstić information content (AvgIpc) is 2.22. The molecule has 0 radical (unpaired) electrons. The normalized spacial score (nSPS) is 19.9. The van der Waals surface area contributed by atoms with E-state index >= 15 is 0 Å². The van der Waals surface area contributed by atoms with Gasteiger partial charge in [0.25, 0.3) is 0 Å². The number of aromatic nitrogens is 2. The molecule has 0 aromatic carbocycles. The summed E-state index contributed by atoms with van der Waals surface area (Å²) in [5, 5.41) is 6.78. The van der Waals surface area contributed by atoms with E-state index in [1.165, 1.54) is 0 Å². The van der Waals surface area contributed by atoms with Crippen LogP contribution >= 0.6 is 0 Å². The van der Waals surface area contributed by atoms with Gasteiger partial charge in [-0.25, -0.2) is 9.97 Å². The molecule has 1 aromatic rings. The molecular weight excluding hydrogens is 188 g/mol. The van der Waals surface area contributed by atoms with Crippen LogP contribution in [0.25, 0.3) is 0 Å². The number of nitrogens with one attached hydrogen (secondary N) is 2. The lowest BCUT2D eigenvalue weighted by Gasteiger charge is -2.34. The first-order valence-electron chi connectivity index (χ1n) is 5.46. The minimum Gasteiger partial charge on any atom is -0.349 e. The predicted octanol–water partition coefficient (Wildman–Crippen LogP) is 1.34. The molecule has 1 saturated heterocycles. The zero-order chi connectivity index (χ0) is 10.7. The second kappa shape index (κ2) is 4.14. The molecule has 0 atom stereocenters. The summed E-state index contributed by atoms with van der Waals surface area (Å²) in [6.45, 7) is 6.36. The van der Waals surface area contributed by atoms with Crippen LogP contribution in [0.4, 0.5) is 5.95 Å². The van der Waals surface area contributed by atoms with Gasteiger partial charge in [0.2, 0.25) is 5.95 Å². The highest BCUT2D eigenvalue weighted by Gasteiger charge is 2.26. The van der Waals surface area contributed by atoms with E-state index < -0.39 is 0 Å². The number of rotatable bonds is 2. The molecule has 0 amide bonds. The topological polar surface area (TPSA) is 49.8 Å². The SMILES string of the molecule is Cc1cnc(NC2(C)CCNCC2)nc1. The van der Waals surface area contributed by atoms with Crippen molar-refractivity contribution in [2.45, 2.75) is 32.2 Å². The molecule has 0 bridgehead atoms. The first-order valence-corrected chi connectivity index (χ1v) is 5.46. The van der Waals surface area contributed by atoms with Crippen molar-refractivity contribution in [1.82, 2.24) is 15.3 Å². The van der Waals surface area contributed by atoms with Crippen molar-refractivity contribution < 1.29 is 0 Å². The van der Waals surface area contributed by atoms with Gasteiger partial charge >= 0.3 is 0 Å². The van der Waals surface area contributed by atoms with Crippen LogP contribution in [0.15, 0.2) is 12.4 Å². The van der Waals surface area contributed by atoms with E-state index in [4.69, 9.17) is 0 Å². The molecule has 82 valence electrons. The second-order valence-corrected chi connectivity index (χ2v) is 4.52. The first-order chi connectivity index (χ1) is 7.18. The standard InChI is InChI=1S/C11H18N4/c1-9-7-13-10(14-8-9)15-11(2)3-5-12-6-4-11/h7-8,12H,3-6H2,1-2H3,(H,13,14,15). The molecule has 2 heterocycles.